The molecule has 2 N–H and O–H groups in total. The van der Waals surface area contributed by atoms with Gasteiger partial charge in [0, 0.05) is 26.0 Å². The van der Waals surface area contributed by atoms with Gasteiger partial charge >= 0.3 is 12.0 Å². The van der Waals surface area contributed by atoms with Crippen LogP contribution in [-0.4, -0.2) is 40.1 Å². The second kappa shape index (κ2) is 7.47. The molecule has 1 aromatic heterocycles. The molecule has 1 aromatic rings. The lowest BCUT2D eigenvalue weighted by Crippen LogP contribution is -2.47. The number of aliphatic carboxylic acids is 1. The largest absolute Gasteiger partial charge is 0.480 e. The van der Waals surface area contributed by atoms with Crippen LogP contribution < -0.4 is 5.32 Å². The van der Waals surface area contributed by atoms with Crippen LogP contribution in [0.15, 0.2) is 24.5 Å². The van der Waals surface area contributed by atoms with Gasteiger partial charge in [-0.25, -0.2) is 9.59 Å². The molecule has 2 amide bonds. The van der Waals surface area contributed by atoms with Crippen LogP contribution in [-0.2, 0) is 11.3 Å². The van der Waals surface area contributed by atoms with Gasteiger partial charge < -0.3 is 15.3 Å². The first kappa shape index (κ1) is 15.9. The van der Waals surface area contributed by atoms with Crippen LogP contribution in [0.25, 0.3) is 0 Å². The van der Waals surface area contributed by atoms with Gasteiger partial charge in [0.15, 0.2) is 0 Å². The summed E-state index contributed by atoms with van der Waals surface area (Å²) in [6.07, 6.45) is 3.74. The normalized spacial score (nSPS) is 12.0. The molecule has 110 valence electrons. The Morgan fingerprint density at radius 1 is 1.45 bits per heavy atom. The Labute approximate surface area is 118 Å². The molecule has 1 rings (SSSR count). The number of carbonyl (C=O) groups is 2. The van der Waals surface area contributed by atoms with Crippen molar-refractivity contribution < 1.29 is 14.7 Å². The molecule has 0 saturated carbocycles. The fourth-order valence-electron chi connectivity index (χ4n) is 1.79. The lowest BCUT2D eigenvalue weighted by molar-refractivity contribution is -0.139. The molecule has 0 fully saturated rings. The highest BCUT2D eigenvalue weighted by Crippen LogP contribution is 2.06. The lowest BCUT2D eigenvalue weighted by Gasteiger charge is -2.22. The van der Waals surface area contributed by atoms with Crippen molar-refractivity contribution in [1.29, 1.82) is 0 Å². The first-order valence-corrected chi connectivity index (χ1v) is 6.53. The van der Waals surface area contributed by atoms with E-state index in [2.05, 4.69) is 10.3 Å². The Morgan fingerprint density at radius 3 is 2.65 bits per heavy atom. The predicted molar refractivity (Wildman–Crippen MR) is 75.1 cm³/mol. The third-order valence-electron chi connectivity index (χ3n) is 2.79. The Kier molecular flexibility index (Phi) is 5.96. The third kappa shape index (κ3) is 5.26. The maximum atomic E-state index is 12.0. The zero-order chi connectivity index (χ0) is 15.1. The standard InChI is InChI=1S/C14H21N3O3/c1-10(2)7-12(13(18)19)16-14(20)17(3)9-11-5-4-6-15-8-11/h4-6,8,10,12H,7,9H2,1-3H3,(H,16,20)(H,18,19)/t12-/m1/s1. The summed E-state index contributed by atoms with van der Waals surface area (Å²) in [7, 11) is 1.62. The highest BCUT2D eigenvalue weighted by Gasteiger charge is 2.22. The van der Waals surface area contributed by atoms with Crippen LogP contribution in [0.2, 0.25) is 0 Å². The molecule has 0 unspecified atom stereocenters. The number of amides is 2. The molecule has 6 nitrogen and oxygen atoms in total. The Morgan fingerprint density at radius 2 is 2.15 bits per heavy atom. The molecule has 0 aliphatic heterocycles. The minimum absolute atomic E-state index is 0.194. The molecule has 0 aromatic carbocycles. The Hall–Kier alpha value is -2.11. The fraction of sp³-hybridized carbons (Fsp3) is 0.500. The molecule has 0 spiro atoms. The van der Waals surface area contributed by atoms with Gasteiger partial charge in [0.25, 0.3) is 0 Å². The molecule has 1 heterocycles. The number of nitrogens with zero attached hydrogens (tertiary/aromatic N) is 2. The average Bonchev–Trinajstić information content (AvgIpc) is 2.38. The fourth-order valence-corrected chi connectivity index (χ4v) is 1.79. The summed E-state index contributed by atoms with van der Waals surface area (Å²) in [5.74, 6) is -0.818. The first-order chi connectivity index (χ1) is 9.40. The lowest BCUT2D eigenvalue weighted by atomic mass is 10.0. The maximum absolute atomic E-state index is 12.0. The summed E-state index contributed by atoms with van der Waals surface area (Å²) in [4.78, 5) is 28.5. The monoisotopic (exact) mass is 279 g/mol. The molecular formula is C14H21N3O3. The van der Waals surface area contributed by atoms with E-state index < -0.39 is 18.0 Å². The summed E-state index contributed by atoms with van der Waals surface area (Å²) in [5, 5.41) is 11.6. The second-order valence-corrected chi connectivity index (χ2v) is 5.19. The van der Waals surface area contributed by atoms with Crippen molar-refractivity contribution >= 4 is 12.0 Å². The van der Waals surface area contributed by atoms with Crippen molar-refractivity contribution in [2.24, 2.45) is 5.92 Å². The van der Waals surface area contributed by atoms with Gasteiger partial charge in [0.1, 0.15) is 6.04 Å². The summed E-state index contributed by atoms with van der Waals surface area (Å²) in [5.41, 5.74) is 0.890. The van der Waals surface area contributed by atoms with E-state index in [1.807, 2.05) is 19.9 Å². The van der Waals surface area contributed by atoms with Crippen molar-refractivity contribution in [3.05, 3.63) is 30.1 Å². The second-order valence-electron chi connectivity index (χ2n) is 5.19. The van der Waals surface area contributed by atoms with E-state index in [1.54, 1.807) is 25.5 Å². The van der Waals surface area contributed by atoms with Crippen LogP contribution >= 0.6 is 0 Å². The maximum Gasteiger partial charge on any atom is 0.326 e. The SMILES string of the molecule is CC(C)C[C@@H](NC(=O)N(C)Cc1cccnc1)C(=O)O. The van der Waals surface area contributed by atoms with E-state index in [-0.39, 0.29) is 5.92 Å². The summed E-state index contributed by atoms with van der Waals surface area (Å²) in [6.45, 7) is 4.22. The number of hydrogen-bond acceptors (Lipinski definition) is 3. The zero-order valence-electron chi connectivity index (χ0n) is 12.0. The highest BCUT2D eigenvalue weighted by atomic mass is 16.4. The molecular weight excluding hydrogens is 258 g/mol. The highest BCUT2D eigenvalue weighted by molar-refractivity contribution is 5.82. The first-order valence-electron chi connectivity index (χ1n) is 6.53. The van der Waals surface area contributed by atoms with Gasteiger partial charge in [-0.2, -0.15) is 0 Å². The number of carbonyl (C=O) groups excluding carboxylic acids is 1. The molecule has 0 aliphatic carbocycles. The molecule has 0 bridgehead atoms. The van der Waals surface area contributed by atoms with E-state index in [0.717, 1.165) is 5.56 Å². The van der Waals surface area contributed by atoms with Crippen LogP contribution in [0.5, 0.6) is 0 Å². The van der Waals surface area contributed by atoms with Crippen molar-refractivity contribution in [1.82, 2.24) is 15.2 Å². The van der Waals surface area contributed by atoms with Crippen LogP contribution in [0.1, 0.15) is 25.8 Å². The predicted octanol–water partition coefficient (Wildman–Crippen LogP) is 1.72. The molecule has 0 aliphatic rings. The Bertz CT molecular complexity index is 448. The number of carboxylic acids is 1. The minimum atomic E-state index is -1.01. The third-order valence-corrected chi connectivity index (χ3v) is 2.79. The van der Waals surface area contributed by atoms with Crippen molar-refractivity contribution in [3.8, 4) is 0 Å². The number of nitrogens with one attached hydrogen (secondary N) is 1. The number of urea groups is 1. The number of carboxylic acid groups (broad SMARTS) is 1. The van der Waals surface area contributed by atoms with Crippen LogP contribution in [0, 0.1) is 5.92 Å². The number of pyridine rings is 1. The summed E-state index contributed by atoms with van der Waals surface area (Å²) >= 11 is 0. The molecule has 6 heteroatoms. The molecule has 1 atom stereocenters. The number of hydrogen-bond donors (Lipinski definition) is 2. The van der Waals surface area contributed by atoms with E-state index >= 15 is 0 Å². The van der Waals surface area contributed by atoms with E-state index in [9.17, 15) is 9.59 Å². The van der Waals surface area contributed by atoms with Crippen molar-refractivity contribution in [2.75, 3.05) is 7.05 Å². The van der Waals surface area contributed by atoms with E-state index in [0.29, 0.717) is 13.0 Å². The zero-order valence-corrected chi connectivity index (χ0v) is 12.0. The van der Waals surface area contributed by atoms with Gasteiger partial charge in [0.2, 0.25) is 0 Å². The quantitative estimate of drug-likeness (QED) is 0.830. The van der Waals surface area contributed by atoms with Crippen LogP contribution in [0.3, 0.4) is 0 Å². The molecule has 20 heavy (non-hydrogen) atoms. The van der Waals surface area contributed by atoms with Gasteiger partial charge in [-0.3, -0.25) is 4.98 Å². The number of rotatable bonds is 6. The summed E-state index contributed by atoms with van der Waals surface area (Å²) in [6, 6.07) is 2.39. The van der Waals surface area contributed by atoms with E-state index in [1.165, 1.54) is 4.90 Å². The van der Waals surface area contributed by atoms with Gasteiger partial charge in [-0.05, 0) is 24.0 Å². The van der Waals surface area contributed by atoms with E-state index in [4.69, 9.17) is 5.11 Å². The number of aromatic nitrogens is 1. The minimum Gasteiger partial charge on any atom is -0.480 e. The van der Waals surface area contributed by atoms with Gasteiger partial charge in [-0.15, -0.1) is 0 Å². The molecule has 0 saturated heterocycles. The summed E-state index contributed by atoms with van der Waals surface area (Å²) < 4.78 is 0. The Balaban J connectivity index is 2.57. The van der Waals surface area contributed by atoms with Gasteiger partial charge in [-0.1, -0.05) is 19.9 Å². The van der Waals surface area contributed by atoms with Crippen LogP contribution in [0.4, 0.5) is 4.79 Å². The van der Waals surface area contributed by atoms with Crippen molar-refractivity contribution in [2.45, 2.75) is 32.9 Å². The smallest absolute Gasteiger partial charge is 0.326 e. The van der Waals surface area contributed by atoms with Crippen molar-refractivity contribution in [3.63, 3.8) is 0 Å². The topological polar surface area (TPSA) is 82.5 Å². The average molecular weight is 279 g/mol. The van der Waals surface area contributed by atoms with Gasteiger partial charge in [0.05, 0.1) is 0 Å². The molecule has 0 radical (unpaired) electrons.